The summed E-state index contributed by atoms with van der Waals surface area (Å²) in [4.78, 5) is 4.30. The van der Waals surface area contributed by atoms with Crippen molar-refractivity contribution in [1.82, 2.24) is 10.2 Å². The molecule has 0 atom stereocenters. The largest absolute Gasteiger partial charge is 0.486 e. The highest BCUT2D eigenvalue weighted by Gasteiger charge is 2.03. The van der Waals surface area contributed by atoms with E-state index >= 15 is 0 Å². The van der Waals surface area contributed by atoms with Gasteiger partial charge in [-0.15, -0.1) is 10.2 Å². The summed E-state index contributed by atoms with van der Waals surface area (Å²) in [5, 5.41) is 10.2. The van der Waals surface area contributed by atoms with E-state index in [0.29, 0.717) is 16.8 Å². The lowest BCUT2D eigenvalue weighted by Gasteiger charge is -2.01. The van der Waals surface area contributed by atoms with E-state index < -0.39 is 0 Å². The van der Waals surface area contributed by atoms with Crippen LogP contribution in [0.25, 0.3) is 0 Å². The predicted molar refractivity (Wildman–Crippen MR) is 89.4 cm³/mol. The minimum Gasteiger partial charge on any atom is -0.486 e. The first kappa shape index (κ1) is 14.7. The number of rotatable bonds is 5. The number of halogens is 1. The molecule has 6 heteroatoms. The van der Waals surface area contributed by atoms with Gasteiger partial charge in [0.05, 0.1) is 0 Å². The number of aliphatic imine (C=N–C) groups is 1. The van der Waals surface area contributed by atoms with Crippen molar-refractivity contribution in [3.8, 4) is 5.75 Å². The maximum absolute atomic E-state index is 5.84. The lowest BCUT2D eigenvalue weighted by Crippen LogP contribution is -1.94. The molecule has 3 aromatic rings. The Labute approximate surface area is 137 Å². The molecule has 0 fully saturated rings. The SMILES string of the molecule is Clc1ccc(C=Nc2nnc(COc3ccccc3)s2)cc1. The number of hydrogen-bond donors (Lipinski definition) is 0. The van der Waals surface area contributed by atoms with Crippen LogP contribution in [0.15, 0.2) is 59.6 Å². The van der Waals surface area contributed by atoms with Crippen LogP contribution in [0.2, 0.25) is 5.02 Å². The van der Waals surface area contributed by atoms with Crippen LogP contribution in [0, 0.1) is 0 Å². The van der Waals surface area contributed by atoms with E-state index in [9.17, 15) is 0 Å². The molecular weight excluding hydrogens is 318 g/mol. The van der Waals surface area contributed by atoms with Crippen LogP contribution in [-0.4, -0.2) is 16.4 Å². The van der Waals surface area contributed by atoms with Gasteiger partial charge in [-0.05, 0) is 29.8 Å². The molecule has 0 saturated carbocycles. The Balaban J connectivity index is 1.60. The Bertz CT molecular complexity index is 757. The monoisotopic (exact) mass is 329 g/mol. The van der Waals surface area contributed by atoms with Gasteiger partial charge in [-0.3, -0.25) is 0 Å². The van der Waals surface area contributed by atoms with Crippen molar-refractivity contribution in [2.75, 3.05) is 0 Å². The number of nitrogens with zero attached hydrogens (tertiary/aromatic N) is 3. The molecule has 0 aliphatic rings. The van der Waals surface area contributed by atoms with Crippen LogP contribution in [0.1, 0.15) is 10.6 Å². The fourth-order valence-electron chi connectivity index (χ4n) is 1.70. The van der Waals surface area contributed by atoms with E-state index in [0.717, 1.165) is 16.3 Å². The molecule has 0 N–H and O–H groups in total. The van der Waals surface area contributed by atoms with E-state index in [1.165, 1.54) is 11.3 Å². The van der Waals surface area contributed by atoms with Gasteiger partial charge < -0.3 is 4.74 Å². The second-order valence-electron chi connectivity index (χ2n) is 4.39. The fourth-order valence-corrected chi connectivity index (χ4v) is 2.42. The summed E-state index contributed by atoms with van der Waals surface area (Å²) in [5.41, 5.74) is 0.960. The Hall–Kier alpha value is -2.24. The first-order valence-electron chi connectivity index (χ1n) is 6.59. The zero-order valence-electron chi connectivity index (χ0n) is 11.5. The third kappa shape index (κ3) is 4.13. The maximum Gasteiger partial charge on any atom is 0.231 e. The van der Waals surface area contributed by atoms with E-state index in [-0.39, 0.29) is 0 Å². The smallest absolute Gasteiger partial charge is 0.231 e. The molecule has 1 aromatic heterocycles. The third-order valence-electron chi connectivity index (χ3n) is 2.76. The second kappa shape index (κ2) is 7.15. The van der Waals surface area contributed by atoms with Crippen LogP contribution < -0.4 is 4.74 Å². The van der Waals surface area contributed by atoms with E-state index in [2.05, 4.69) is 15.2 Å². The Kier molecular flexibility index (Phi) is 4.78. The molecule has 0 unspecified atom stereocenters. The van der Waals surface area contributed by atoms with Gasteiger partial charge in [-0.1, -0.05) is 53.3 Å². The van der Waals surface area contributed by atoms with Crippen molar-refractivity contribution < 1.29 is 4.74 Å². The van der Waals surface area contributed by atoms with Gasteiger partial charge in [0.25, 0.3) is 0 Å². The zero-order chi connectivity index (χ0) is 15.2. The van der Waals surface area contributed by atoms with Gasteiger partial charge in [0.2, 0.25) is 5.13 Å². The second-order valence-corrected chi connectivity index (χ2v) is 5.87. The van der Waals surface area contributed by atoms with Crippen molar-refractivity contribution >= 4 is 34.3 Å². The number of para-hydroxylation sites is 1. The fraction of sp³-hybridized carbons (Fsp3) is 0.0625. The lowest BCUT2D eigenvalue weighted by atomic mass is 10.2. The number of ether oxygens (including phenoxy) is 1. The summed E-state index contributed by atoms with van der Waals surface area (Å²) >= 11 is 7.24. The van der Waals surface area contributed by atoms with Crippen LogP contribution in [0.5, 0.6) is 5.75 Å². The van der Waals surface area contributed by atoms with E-state index in [1.807, 2.05) is 54.6 Å². The van der Waals surface area contributed by atoms with Crippen molar-refractivity contribution in [2.24, 2.45) is 4.99 Å². The molecule has 0 radical (unpaired) electrons. The van der Waals surface area contributed by atoms with Crippen LogP contribution in [0.3, 0.4) is 0 Å². The molecule has 3 rings (SSSR count). The molecule has 110 valence electrons. The van der Waals surface area contributed by atoms with Crippen molar-refractivity contribution in [3.63, 3.8) is 0 Å². The minimum absolute atomic E-state index is 0.387. The topological polar surface area (TPSA) is 47.4 Å². The van der Waals surface area contributed by atoms with Gasteiger partial charge in [0.1, 0.15) is 12.4 Å². The van der Waals surface area contributed by atoms with Crippen molar-refractivity contribution in [2.45, 2.75) is 6.61 Å². The first-order chi connectivity index (χ1) is 10.8. The molecule has 4 nitrogen and oxygen atoms in total. The number of hydrogen-bond acceptors (Lipinski definition) is 5. The highest BCUT2D eigenvalue weighted by molar-refractivity contribution is 7.14. The molecule has 0 amide bonds. The molecule has 0 bridgehead atoms. The molecule has 2 aromatic carbocycles. The summed E-state index contributed by atoms with van der Waals surface area (Å²) < 4.78 is 5.62. The standard InChI is InChI=1S/C16H12ClN3OS/c17-13-8-6-12(7-9-13)10-18-16-20-19-15(22-16)11-21-14-4-2-1-3-5-14/h1-10H,11H2. The quantitative estimate of drug-likeness (QED) is 0.646. The van der Waals surface area contributed by atoms with E-state index in [4.69, 9.17) is 16.3 Å². The molecular formula is C16H12ClN3OS. The van der Waals surface area contributed by atoms with Gasteiger partial charge in [0, 0.05) is 11.2 Å². The lowest BCUT2D eigenvalue weighted by molar-refractivity contribution is 0.304. The molecule has 0 aliphatic carbocycles. The summed E-state index contributed by atoms with van der Waals surface area (Å²) in [5.74, 6) is 0.809. The Morgan fingerprint density at radius 3 is 2.59 bits per heavy atom. The molecule has 0 aliphatic heterocycles. The maximum atomic E-state index is 5.84. The van der Waals surface area contributed by atoms with Gasteiger partial charge in [-0.2, -0.15) is 0 Å². The predicted octanol–water partition coefficient (Wildman–Crippen LogP) is 4.52. The summed E-state index contributed by atoms with van der Waals surface area (Å²) in [7, 11) is 0. The van der Waals surface area contributed by atoms with Gasteiger partial charge in [0.15, 0.2) is 5.01 Å². The highest BCUT2D eigenvalue weighted by Crippen LogP contribution is 2.20. The van der Waals surface area contributed by atoms with Crippen LogP contribution in [-0.2, 0) is 6.61 Å². The molecule has 0 saturated heterocycles. The summed E-state index contributed by atoms with van der Waals surface area (Å²) in [6.45, 7) is 0.387. The Morgan fingerprint density at radius 2 is 1.82 bits per heavy atom. The highest BCUT2D eigenvalue weighted by atomic mass is 35.5. The third-order valence-corrected chi connectivity index (χ3v) is 3.81. The zero-order valence-corrected chi connectivity index (χ0v) is 13.1. The van der Waals surface area contributed by atoms with Crippen molar-refractivity contribution in [1.29, 1.82) is 0 Å². The molecule has 1 heterocycles. The minimum atomic E-state index is 0.387. The number of aromatic nitrogens is 2. The summed E-state index contributed by atoms with van der Waals surface area (Å²) in [6, 6.07) is 17.0. The number of benzene rings is 2. The first-order valence-corrected chi connectivity index (χ1v) is 7.79. The molecule has 22 heavy (non-hydrogen) atoms. The summed E-state index contributed by atoms with van der Waals surface area (Å²) in [6.07, 6.45) is 1.73. The van der Waals surface area contributed by atoms with E-state index in [1.54, 1.807) is 6.21 Å². The van der Waals surface area contributed by atoms with Gasteiger partial charge >= 0.3 is 0 Å². The molecule has 0 spiro atoms. The average Bonchev–Trinajstić information content (AvgIpc) is 3.01. The normalized spacial score (nSPS) is 11.0. The van der Waals surface area contributed by atoms with Crippen molar-refractivity contribution in [3.05, 3.63) is 70.2 Å². The van der Waals surface area contributed by atoms with Gasteiger partial charge in [-0.25, -0.2) is 4.99 Å². The average molecular weight is 330 g/mol. The Morgan fingerprint density at radius 1 is 1.05 bits per heavy atom. The van der Waals surface area contributed by atoms with Crippen LogP contribution in [0.4, 0.5) is 5.13 Å². The van der Waals surface area contributed by atoms with Crippen LogP contribution >= 0.6 is 22.9 Å².